The number of nitrogens with zero attached hydrogens (tertiary/aromatic N) is 2. The highest BCUT2D eigenvalue weighted by molar-refractivity contribution is 5.99. The number of aromatic nitrogens is 2. The molecule has 1 heterocycles. The highest BCUT2D eigenvalue weighted by Gasteiger charge is 2.22. The van der Waals surface area contributed by atoms with Gasteiger partial charge in [-0.05, 0) is 30.4 Å². The van der Waals surface area contributed by atoms with Gasteiger partial charge in [0.25, 0.3) is 0 Å². The second kappa shape index (κ2) is 4.29. The van der Waals surface area contributed by atoms with E-state index in [1.165, 1.54) is 12.8 Å². The van der Waals surface area contributed by atoms with E-state index >= 15 is 0 Å². The summed E-state index contributed by atoms with van der Waals surface area (Å²) in [6.45, 7) is 0.971. The molecular formula is C14H15N3O. The summed E-state index contributed by atoms with van der Waals surface area (Å²) >= 11 is 0. The Morgan fingerprint density at radius 3 is 2.89 bits per heavy atom. The maximum atomic E-state index is 11.4. The van der Waals surface area contributed by atoms with Crippen LogP contribution in [-0.4, -0.2) is 15.7 Å². The number of carbonyl (C=O) groups excluding carboxylic acids is 1. The standard InChI is InChI=1S/C14H15N3O/c15-14(18)13-4-2-1-3-12(13)11-7-16-17(9-11)8-10-5-6-10/h1-4,7,9-10H,5-6,8H2,(H2,15,18). The van der Waals surface area contributed by atoms with Crippen LogP contribution in [0.3, 0.4) is 0 Å². The second-order valence-electron chi connectivity index (χ2n) is 4.80. The fourth-order valence-corrected chi connectivity index (χ4v) is 2.12. The molecule has 1 fully saturated rings. The highest BCUT2D eigenvalue weighted by atomic mass is 16.1. The molecule has 1 amide bonds. The lowest BCUT2D eigenvalue weighted by atomic mass is 10.0. The van der Waals surface area contributed by atoms with E-state index in [1.807, 2.05) is 29.1 Å². The van der Waals surface area contributed by atoms with Gasteiger partial charge in [0.1, 0.15) is 0 Å². The van der Waals surface area contributed by atoms with Crippen molar-refractivity contribution in [2.24, 2.45) is 11.7 Å². The first-order chi connectivity index (χ1) is 8.74. The number of hydrogen-bond donors (Lipinski definition) is 1. The van der Waals surface area contributed by atoms with Crippen LogP contribution in [0.1, 0.15) is 23.2 Å². The number of carbonyl (C=O) groups is 1. The van der Waals surface area contributed by atoms with Crippen molar-refractivity contribution in [1.29, 1.82) is 0 Å². The molecule has 0 spiro atoms. The topological polar surface area (TPSA) is 60.9 Å². The zero-order valence-electron chi connectivity index (χ0n) is 10.0. The molecule has 0 radical (unpaired) electrons. The average Bonchev–Trinajstić information content (AvgIpc) is 3.05. The van der Waals surface area contributed by atoms with Crippen LogP contribution in [0.25, 0.3) is 11.1 Å². The molecule has 1 saturated carbocycles. The van der Waals surface area contributed by atoms with Gasteiger partial charge in [-0.25, -0.2) is 0 Å². The molecule has 2 aromatic rings. The summed E-state index contributed by atoms with van der Waals surface area (Å²) in [6, 6.07) is 7.37. The Balaban J connectivity index is 1.93. The smallest absolute Gasteiger partial charge is 0.249 e. The third-order valence-electron chi connectivity index (χ3n) is 3.28. The van der Waals surface area contributed by atoms with Crippen LogP contribution in [0, 0.1) is 5.92 Å². The SMILES string of the molecule is NC(=O)c1ccccc1-c1cnn(CC2CC2)c1. The zero-order valence-corrected chi connectivity index (χ0v) is 10.0. The molecule has 1 aliphatic carbocycles. The van der Waals surface area contributed by atoms with Gasteiger partial charge in [0.15, 0.2) is 0 Å². The Morgan fingerprint density at radius 2 is 2.17 bits per heavy atom. The summed E-state index contributed by atoms with van der Waals surface area (Å²) in [7, 11) is 0. The molecule has 0 saturated heterocycles. The fraction of sp³-hybridized carbons (Fsp3) is 0.286. The van der Waals surface area contributed by atoms with E-state index < -0.39 is 5.91 Å². The molecule has 4 nitrogen and oxygen atoms in total. The van der Waals surface area contributed by atoms with Gasteiger partial charge in [-0.2, -0.15) is 5.10 Å². The van der Waals surface area contributed by atoms with E-state index in [9.17, 15) is 4.79 Å². The van der Waals surface area contributed by atoms with Gasteiger partial charge in [0.05, 0.1) is 6.20 Å². The normalized spacial score (nSPS) is 14.7. The molecule has 4 heteroatoms. The summed E-state index contributed by atoms with van der Waals surface area (Å²) in [5.41, 5.74) is 7.73. The Labute approximate surface area is 105 Å². The van der Waals surface area contributed by atoms with Gasteiger partial charge in [-0.1, -0.05) is 18.2 Å². The molecule has 0 bridgehead atoms. The number of rotatable bonds is 4. The third kappa shape index (κ3) is 2.14. The predicted molar refractivity (Wildman–Crippen MR) is 68.9 cm³/mol. The van der Waals surface area contributed by atoms with Crippen molar-refractivity contribution >= 4 is 5.91 Å². The lowest BCUT2D eigenvalue weighted by molar-refractivity contribution is 0.100. The van der Waals surface area contributed by atoms with Crippen LogP contribution < -0.4 is 5.73 Å². The number of primary amides is 1. The molecular weight excluding hydrogens is 226 g/mol. The van der Waals surface area contributed by atoms with Crippen LogP contribution in [0.15, 0.2) is 36.7 Å². The molecule has 92 valence electrons. The van der Waals surface area contributed by atoms with E-state index in [0.717, 1.165) is 23.6 Å². The molecule has 1 aromatic heterocycles. The minimum atomic E-state index is -0.402. The first kappa shape index (κ1) is 11.0. The van der Waals surface area contributed by atoms with Crippen LogP contribution in [0.4, 0.5) is 0 Å². The van der Waals surface area contributed by atoms with Crippen molar-refractivity contribution in [1.82, 2.24) is 9.78 Å². The lowest BCUT2D eigenvalue weighted by Gasteiger charge is -2.03. The Hall–Kier alpha value is -2.10. The van der Waals surface area contributed by atoms with Crippen molar-refractivity contribution in [3.05, 3.63) is 42.2 Å². The highest BCUT2D eigenvalue weighted by Crippen LogP contribution is 2.31. The molecule has 1 aromatic carbocycles. The van der Waals surface area contributed by atoms with Gasteiger partial charge < -0.3 is 5.73 Å². The number of benzene rings is 1. The van der Waals surface area contributed by atoms with Crippen LogP contribution >= 0.6 is 0 Å². The zero-order chi connectivity index (χ0) is 12.5. The van der Waals surface area contributed by atoms with Crippen LogP contribution in [-0.2, 0) is 6.54 Å². The van der Waals surface area contributed by atoms with Gasteiger partial charge in [0.2, 0.25) is 5.91 Å². The quantitative estimate of drug-likeness (QED) is 0.890. The maximum absolute atomic E-state index is 11.4. The van der Waals surface area contributed by atoms with Crippen molar-refractivity contribution in [3.8, 4) is 11.1 Å². The molecule has 0 unspecified atom stereocenters. The summed E-state index contributed by atoms with van der Waals surface area (Å²) in [6.07, 6.45) is 6.38. The first-order valence-electron chi connectivity index (χ1n) is 6.15. The van der Waals surface area contributed by atoms with E-state index in [1.54, 1.807) is 12.3 Å². The minimum Gasteiger partial charge on any atom is -0.366 e. The molecule has 18 heavy (non-hydrogen) atoms. The molecule has 2 N–H and O–H groups in total. The largest absolute Gasteiger partial charge is 0.366 e. The minimum absolute atomic E-state index is 0.402. The van der Waals surface area contributed by atoms with Crippen molar-refractivity contribution < 1.29 is 4.79 Å². The van der Waals surface area contributed by atoms with E-state index in [0.29, 0.717) is 5.56 Å². The van der Waals surface area contributed by atoms with E-state index in [2.05, 4.69) is 5.10 Å². The van der Waals surface area contributed by atoms with Crippen molar-refractivity contribution in [2.45, 2.75) is 19.4 Å². The monoisotopic (exact) mass is 241 g/mol. The summed E-state index contributed by atoms with van der Waals surface area (Å²) in [5, 5.41) is 4.34. The Bertz CT molecular complexity index is 584. The van der Waals surface area contributed by atoms with Crippen LogP contribution in [0.2, 0.25) is 0 Å². The van der Waals surface area contributed by atoms with Crippen molar-refractivity contribution in [2.75, 3.05) is 0 Å². The average molecular weight is 241 g/mol. The second-order valence-corrected chi connectivity index (χ2v) is 4.80. The lowest BCUT2D eigenvalue weighted by Crippen LogP contribution is -2.12. The first-order valence-corrected chi connectivity index (χ1v) is 6.15. The molecule has 3 rings (SSSR count). The summed E-state index contributed by atoms with van der Waals surface area (Å²) in [4.78, 5) is 11.4. The molecule has 1 aliphatic rings. The van der Waals surface area contributed by atoms with Gasteiger partial charge >= 0.3 is 0 Å². The Morgan fingerprint density at radius 1 is 1.39 bits per heavy atom. The summed E-state index contributed by atoms with van der Waals surface area (Å²) in [5.74, 6) is 0.379. The van der Waals surface area contributed by atoms with Crippen molar-refractivity contribution in [3.63, 3.8) is 0 Å². The summed E-state index contributed by atoms with van der Waals surface area (Å²) < 4.78 is 1.95. The molecule has 0 atom stereocenters. The van der Waals surface area contributed by atoms with E-state index in [-0.39, 0.29) is 0 Å². The third-order valence-corrected chi connectivity index (χ3v) is 3.28. The Kier molecular flexibility index (Phi) is 2.63. The molecule has 0 aliphatic heterocycles. The predicted octanol–water partition coefficient (Wildman–Crippen LogP) is 2.06. The maximum Gasteiger partial charge on any atom is 0.249 e. The van der Waals surface area contributed by atoms with Gasteiger partial charge in [-0.3, -0.25) is 9.48 Å². The number of nitrogens with two attached hydrogens (primary N) is 1. The number of hydrogen-bond acceptors (Lipinski definition) is 2. The fourth-order valence-electron chi connectivity index (χ4n) is 2.12. The number of amides is 1. The van der Waals surface area contributed by atoms with Gasteiger partial charge in [0, 0.05) is 23.9 Å². The van der Waals surface area contributed by atoms with Gasteiger partial charge in [-0.15, -0.1) is 0 Å². The van der Waals surface area contributed by atoms with E-state index in [4.69, 9.17) is 5.73 Å². The van der Waals surface area contributed by atoms with Crippen LogP contribution in [0.5, 0.6) is 0 Å².